The van der Waals surface area contributed by atoms with Crippen molar-refractivity contribution in [1.29, 1.82) is 0 Å². The highest BCUT2D eigenvalue weighted by Gasteiger charge is 1.92. The Hall–Kier alpha value is -0.860. The minimum absolute atomic E-state index is 0.345. The van der Waals surface area contributed by atoms with Gasteiger partial charge >= 0.3 is 0 Å². The summed E-state index contributed by atoms with van der Waals surface area (Å²) in [6, 6.07) is 1.86. The van der Waals surface area contributed by atoms with Crippen molar-refractivity contribution in [2.45, 2.75) is 13.5 Å². The molecule has 0 bridgehead atoms. The number of nitrogens with zero attached hydrogens (tertiary/aromatic N) is 2. The maximum absolute atomic E-state index is 11.7. The zero-order valence-electron chi connectivity index (χ0n) is 5.34. The maximum atomic E-state index is 11.7. The number of hydrogen-bond donors (Lipinski definition) is 0. The van der Waals surface area contributed by atoms with E-state index in [9.17, 15) is 4.39 Å². The van der Waals surface area contributed by atoms with Crippen LogP contribution in [0.4, 0.5) is 4.39 Å². The Kier molecular flexibility index (Phi) is 1.82. The molecule has 0 spiro atoms. The largest absolute Gasteiger partial charge is 0.267 e. The summed E-state index contributed by atoms with van der Waals surface area (Å²) >= 11 is 0. The molecule has 1 rings (SSSR count). The predicted octanol–water partition coefficient (Wildman–Crippen LogP) is 1.16. The highest BCUT2D eigenvalue weighted by atomic mass is 19.1. The molecule has 0 amide bonds. The van der Waals surface area contributed by atoms with Crippen LogP contribution >= 0.6 is 0 Å². The summed E-state index contributed by atoms with van der Waals surface area (Å²) in [5, 5.41) is 3.88. The van der Waals surface area contributed by atoms with Gasteiger partial charge in [-0.1, -0.05) is 0 Å². The van der Waals surface area contributed by atoms with Crippen LogP contribution in [0.25, 0.3) is 0 Å². The van der Waals surface area contributed by atoms with Crippen LogP contribution in [0.15, 0.2) is 12.3 Å². The van der Waals surface area contributed by atoms with Gasteiger partial charge < -0.3 is 0 Å². The van der Waals surface area contributed by atoms with Crippen molar-refractivity contribution in [3.05, 3.63) is 18.0 Å². The Morgan fingerprint density at radius 3 is 3.00 bits per heavy atom. The van der Waals surface area contributed by atoms with E-state index < -0.39 is 0 Å². The van der Waals surface area contributed by atoms with Crippen molar-refractivity contribution in [2.24, 2.45) is 0 Å². The first kappa shape index (κ1) is 6.26. The first-order valence-corrected chi connectivity index (χ1v) is 2.89. The molecule has 0 aromatic carbocycles. The summed E-state index contributed by atoms with van der Waals surface area (Å²) in [6.07, 6.45) is 1.67. The van der Waals surface area contributed by atoms with Gasteiger partial charge in [0.25, 0.3) is 0 Å². The van der Waals surface area contributed by atoms with E-state index in [0.717, 1.165) is 5.69 Å². The molecule has 0 aliphatic heterocycles. The fraction of sp³-hybridized carbons (Fsp3) is 0.500. The highest BCUT2D eigenvalue weighted by molar-refractivity contribution is 4.96. The molecule has 0 N–H and O–H groups in total. The number of hydrogen-bond acceptors (Lipinski definition) is 1. The first-order valence-electron chi connectivity index (χ1n) is 2.89. The number of alkyl halides is 1. The Labute approximate surface area is 53.3 Å². The van der Waals surface area contributed by atoms with Crippen molar-refractivity contribution in [1.82, 2.24) is 9.78 Å². The van der Waals surface area contributed by atoms with E-state index in [0.29, 0.717) is 6.54 Å². The van der Waals surface area contributed by atoms with Crippen molar-refractivity contribution in [2.75, 3.05) is 6.67 Å². The van der Waals surface area contributed by atoms with Crippen LogP contribution < -0.4 is 0 Å². The Bertz CT molecular complexity index is 183. The molecule has 0 aliphatic rings. The Morgan fingerprint density at radius 2 is 2.56 bits per heavy atom. The molecular weight excluding hydrogens is 119 g/mol. The Balaban J connectivity index is 2.69. The van der Waals surface area contributed by atoms with Crippen molar-refractivity contribution in [3.63, 3.8) is 0 Å². The third kappa shape index (κ3) is 1.28. The summed E-state index contributed by atoms with van der Waals surface area (Å²) in [5.74, 6) is 0. The van der Waals surface area contributed by atoms with E-state index >= 15 is 0 Å². The monoisotopic (exact) mass is 128 g/mol. The summed E-state index contributed by atoms with van der Waals surface area (Å²) in [5.41, 5.74) is 1.01. The summed E-state index contributed by atoms with van der Waals surface area (Å²) in [7, 11) is 0. The molecule has 0 fully saturated rings. The Morgan fingerprint density at radius 1 is 1.78 bits per heavy atom. The lowest BCUT2D eigenvalue weighted by molar-refractivity contribution is 0.423. The molecule has 0 unspecified atom stereocenters. The van der Waals surface area contributed by atoms with Gasteiger partial charge in [0, 0.05) is 11.9 Å². The van der Waals surface area contributed by atoms with Gasteiger partial charge in [0.15, 0.2) is 0 Å². The molecule has 50 valence electrons. The maximum Gasteiger partial charge on any atom is 0.109 e. The van der Waals surface area contributed by atoms with Crippen LogP contribution in [0.3, 0.4) is 0 Å². The molecule has 0 saturated heterocycles. The van der Waals surface area contributed by atoms with E-state index in [1.165, 1.54) is 0 Å². The second kappa shape index (κ2) is 2.62. The molecular formula is C6H9FN2. The van der Waals surface area contributed by atoms with Crippen molar-refractivity contribution < 1.29 is 4.39 Å². The van der Waals surface area contributed by atoms with Gasteiger partial charge in [0.05, 0.1) is 6.54 Å². The van der Waals surface area contributed by atoms with Gasteiger partial charge in [-0.25, -0.2) is 4.39 Å². The third-order valence-corrected chi connectivity index (χ3v) is 1.23. The van der Waals surface area contributed by atoms with Gasteiger partial charge in [-0.2, -0.15) is 5.10 Å². The molecule has 9 heavy (non-hydrogen) atoms. The average Bonchev–Trinajstić information content (AvgIpc) is 2.18. The lowest BCUT2D eigenvalue weighted by Gasteiger charge is -1.97. The lowest BCUT2D eigenvalue weighted by atomic mass is 10.5. The second-order valence-electron chi connectivity index (χ2n) is 1.88. The van der Waals surface area contributed by atoms with Gasteiger partial charge in [-0.05, 0) is 13.0 Å². The van der Waals surface area contributed by atoms with Crippen molar-refractivity contribution in [3.8, 4) is 0 Å². The quantitative estimate of drug-likeness (QED) is 0.584. The summed E-state index contributed by atoms with van der Waals surface area (Å²) in [4.78, 5) is 0. The molecule has 1 aromatic heterocycles. The zero-order valence-corrected chi connectivity index (χ0v) is 5.34. The molecule has 0 saturated carbocycles. The van der Waals surface area contributed by atoms with Gasteiger partial charge in [0.1, 0.15) is 6.67 Å². The number of aromatic nitrogens is 2. The number of rotatable bonds is 2. The molecule has 1 aromatic rings. The van der Waals surface area contributed by atoms with Crippen LogP contribution in [0, 0.1) is 6.92 Å². The lowest BCUT2D eigenvalue weighted by Crippen LogP contribution is -2.02. The highest BCUT2D eigenvalue weighted by Crippen LogP contribution is 1.94. The van der Waals surface area contributed by atoms with Gasteiger partial charge in [0.2, 0.25) is 0 Å². The van der Waals surface area contributed by atoms with E-state index in [2.05, 4.69) is 5.10 Å². The van der Waals surface area contributed by atoms with Crippen LogP contribution in [-0.2, 0) is 6.54 Å². The minimum Gasteiger partial charge on any atom is -0.267 e. The second-order valence-corrected chi connectivity index (χ2v) is 1.88. The zero-order chi connectivity index (χ0) is 6.69. The van der Waals surface area contributed by atoms with E-state index in [-0.39, 0.29) is 6.67 Å². The molecule has 0 atom stereocenters. The topological polar surface area (TPSA) is 17.8 Å². The molecule has 0 radical (unpaired) electrons. The smallest absolute Gasteiger partial charge is 0.109 e. The fourth-order valence-corrected chi connectivity index (χ4v) is 0.713. The van der Waals surface area contributed by atoms with Crippen molar-refractivity contribution >= 4 is 0 Å². The normalized spacial score (nSPS) is 10.0. The van der Waals surface area contributed by atoms with Crippen LogP contribution in [0.2, 0.25) is 0 Å². The molecule has 3 heteroatoms. The number of halogens is 1. The third-order valence-electron chi connectivity index (χ3n) is 1.23. The van der Waals surface area contributed by atoms with E-state index in [1.54, 1.807) is 10.9 Å². The minimum atomic E-state index is -0.345. The molecule has 0 aliphatic carbocycles. The summed E-state index contributed by atoms with van der Waals surface area (Å²) < 4.78 is 13.3. The first-order chi connectivity index (χ1) is 4.34. The average molecular weight is 128 g/mol. The SMILES string of the molecule is Cc1ccnn1CCF. The molecule has 1 heterocycles. The van der Waals surface area contributed by atoms with E-state index in [4.69, 9.17) is 0 Å². The van der Waals surface area contributed by atoms with Crippen LogP contribution in [0.1, 0.15) is 5.69 Å². The fourth-order valence-electron chi connectivity index (χ4n) is 0.713. The van der Waals surface area contributed by atoms with Gasteiger partial charge in [-0.3, -0.25) is 4.68 Å². The van der Waals surface area contributed by atoms with Gasteiger partial charge in [-0.15, -0.1) is 0 Å². The molecule has 2 nitrogen and oxygen atoms in total. The number of aryl methyl sites for hydroxylation is 2. The van der Waals surface area contributed by atoms with Crippen LogP contribution in [0.5, 0.6) is 0 Å². The summed E-state index contributed by atoms with van der Waals surface area (Å²) in [6.45, 7) is 1.93. The van der Waals surface area contributed by atoms with Crippen LogP contribution in [-0.4, -0.2) is 16.5 Å². The van der Waals surface area contributed by atoms with E-state index in [1.807, 2.05) is 13.0 Å². The predicted molar refractivity (Wildman–Crippen MR) is 32.9 cm³/mol. The standard InChI is InChI=1S/C6H9FN2/c1-6-2-4-8-9(6)5-3-7/h2,4H,3,5H2,1H3.